The second-order valence-corrected chi connectivity index (χ2v) is 6.21. The minimum Gasteiger partial charge on any atom is -0.379 e. The van der Waals surface area contributed by atoms with E-state index < -0.39 is 0 Å². The van der Waals surface area contributed by atoms with Gasteiger partial charge in [-0.15, -0.1) is 11.3 Å². The summed E-state index contributed by atoms with van der Waals surface area (Å²) in [5.74, 6) is 0. The molecule has 1 fully saturated rings. The van der Waals surface area contributed by atoms with Crippen LogP contribution in [0.3, 0.4) is 0 Å². The fraction of sp³-hybridized carbons (Fsp3) is 0.308. The van der Waals surface area contributed by atoms with Crippen molar-refractivity contribution in [1.82, 2.24) is 4.98 Å². The minimum absolute atomic E-state index is 0.0595. The Morgan fingerprint density at radius 2 is 2.17 bits per heavy atom. The van der Waals surface area contributed by atoms with Crippen molar-refractivity contribution in [3.63, 3.8) is 0 Å². The SMILES string of the molecule is NCC1(c2csc(-c3ccccc3Br)n2)COC1. The zero-order valence-corrected chi connectivity index (χ0v) is 12.1. The van der Waals surface area contributed by atoms with E-state index in [2.05, 4.69) is 27.4 Å². The molecule has 3 rings (SSSR count). The molecule has 1 aromatic heterocycles. The minimum atomic E-state index is -0.0595. The normalized spacial score (nSPS) is 17.4. The third-order valence-electron chi connectivity index (χ3n) is 3.30. The lowest BCUT2D eigenvalue weighted by atomic mass is 9.83. The van der Waals surface area contributed by atoms with Gasteiger partial charge in [-0.2, -0.15) is 0 Å². The highest BCUT2D eigenvalue weighted by molar-refractivity contribution is 9.10. The Hall–Kier alpha value is -0.750. The molecule has 0 aliphatic carbocycles. The van der Waals surface area contributed by atoms with Crippen LogP contribution in [0.4, 0.5) is 0 Å². The van der Waals surface area contributed by atoms with Crippen LogP contribution in [0.15, 0.2) is 34.1 Å². The van der Waals surface area contributed by atoms with Crippen molar-refractivity contribution in [2.75, 3.05) is 19.8 Å². The van der Waals surface area contributed by atoms with Gasteiger partial charge in [0.25, 0.3) is 0 Å². The van der Waals surface area contributed by atoms with E-state index in [1.807, 2.05) is 18.2 Å². The molecule has 3 nitrogen and oxygen atoms in total. The van der Waals surface area contributed by atoms with E-state index in [1.54, 1.807) is 11.3 Å². The standard InChI is InChI=1S/C13H13BrN2OS/c14-10-4-2-1-3-9(10)12-16-11(5-18-12)13(6-15)7-17-8-13/h1-5H,6-8,15H2. The molecule has 1 aromatic carbocycles. The van der Waals surface area contributed by atoms with E-state index in [0.717, 1.165) is 20.7 Å². The summed E-state index contributed by atoms with van der Waals surface area (Å²) in [5, 5.41) is 3.13. The quantitative estimate of drug-likeness (QED) is 0.944. The Kier molecular flexibility index (Phi) is 3.23. The Bertz CT molecular complexity index is 560. The summed E-state index contributed by atoms with van der Waals surface area (Å²) in [6.07, 6.45) is 0. The second-order valence-electron chi connectivity index (χ2n) is 4.49. The number of ether oxygens (including phenoxy) is 1. The highest BCUT2D eigenvalue weighted by Gasteiger charge is 2.41. The molecule has 1 aliphatic rings. The maximum atomic E-state index is 5.85. The predicted octanol–water partition coefficient (Wildman–Crippen LogP) is 2.80. The zero-order valence-electron chi connectivity index (χ0n) is 9.73. The van der Waals surface area contributed by atoms with E-state index in [4.69, 9.17) is 15.5 Å². The maximum Gasteiger partial charge on any atom is 0.124 e. The molecule has 0 bridgehead atoms. The van der Waals surface area contributed by atoms with Crippen molar-refractivity contribution in [2.24, 2.45) is 5.73 Å². The van der Waals surface area contributed by atoms with Gasteiger partial charge in [0.05, 0.1) is 24.3 Å². The molecule has 0 atom stereocenters. The van der Waals surface area contributed by atoms with Gasteiger partial charge in [-0.3, -0.25) is 0 Å². The Labute approximate surface area is 118 Å². The number of hydrogen-bond donors (Lipinski definition) is 1. The van der Waals surface area contributed by atoms with Crippen molar-refractivity contribution in [3.8, 4) is 10.6 Å². The third-order valence-corrected chi connectivity index (χ3v) is 4.87. The monoisotopic (exact) mass is 324 g/mol. The summed E-state index contributed by atoms with van der Waals surface area (Å²) in [5.41, 5.74) is 7.98. The van der Waals surface area contributed by atoms with Gasteiger partial charge in [0.2, 0.25) is 0 Å². The Morgan fingerprint density at radius 1 is 1.39 bits per heavy atom. The first-order valence-electron chi connectivity index (χ1n) is 5.74. The second kappa shape index (κ2) is 4.74. The average molecular weight is 325 g/mol. The Balaban J connectivity index is 1.97. The van der Waals surface area contributed by atoms with E-state index in [0.29, 0.717) is 19.8 Å². The summed E-state index contributed by atoms with van der Waals surface area (Å²) in [4.78, 5) is 4.73. The molecule has 2 aromatic rings. The lowest BCUT2D eigenvalue weighted by Crippen LogP contribution is -2.52. The topological polar surface area (TPSA) is 48.1 Å². The van der Waals surface area contributed by atoms with Crippen molar-refractivity contribution in [3.05, 3.63) is 39.8 Å². The summed E-state index contributed by atoms with van der Waals surface area (Å²) < 4.78 is 6.36. The van der Waals surface area contributed by atoms with Gasteiger partial charge in [-0.05, 0) is 6.07 Å². The molecule has 5 heteroatoms. The molecule has 18 heavy (non-hydrogen) atoms. The highest BCUT2D eigenvalue weighted by Crippen LogP contribution is 2.36. The summed E-state index contributed by atoms with van der Waals surface area (Å²) in [6, 6.07) is 8.12. The van der Waals surface area contributed by atoms with Gasteiger partial charge >= 0.3 is 0 Å². The summed E-state index contributed by atoms with van der Waals surface area (Å²) >= 11 is 5.21. The van der Waals surface area contributed by atoms with Crippen LogP contribution in [0, 0.1) is 0 Å². The molecule has 0 amide bonds. The number of nitrogens with zero attached hydrogens (tertiary/aromatic N) is 1. The van der Waals surface area contributed by atoms with Gasteiger partial charge in [0.15, 0.2) is 0 Å². The van der Waals surface area contributed by atoms with Crippen LogP contribution in [0.5, 0.6) is 0 Å². The van der Waals surface area contributed by atoms with E-state index in [-0.39, 0.29) is 5.41 Å². The number of rotatable bonds is 3. The maximum absolute atomic E-state index is 5.85. The predicted molar refractivity (Wildman–Crippen MR) is 76.8 cm³/mol. The molecule has 94 valence electrons. The van der Waals surface area contributed by atoms with Gasteiger partial charge in [0, 0.05) is 22.0 Å². The summed E-state index contributed by atoms with van der Waals surface area (Å²) in [7, 11) is 0. The van der Waals surface area contributed by atoms with E-state index in [9.17, 15) is 0 Å². The molecule has 0 radical (unpaired) electrons. The molecule has 0 spiro atoms. The molecule has 1 saturated heterocycles. The molecular formula is C13H13BrN2OS. The van der Waals surface area contributed by atoms with Crippen molar-refractivity contribution < 1.29 is 4.74 Å². The molecule has 0 saturated carbocycles. The van der Waals surface area contributed by atoms with Gasteiger partial charge in [-0.25, -0.2) is 4.98 Å². The van der Waals surface area contributed by atoms with Crippen LogP contribution >= 0.6 is 27.3 Å². The van der Waals surface area contributed by atoms with E-state index >= 15 is 0 Å². The molecule has 1 aliphatic heterocycles. The smallest absolute Gasteiger partial charge is 0.124 e. The van der Waals surface area contributed by atoms with Crippen LogP contribution in [0.1, 0.15) is 5.69 Å². The zero-order chi connectivity index (χ0) is 12.6. The summed E-state index contributed by atoms with van der Waals surface area (Å²) in [6.45, 7) is 1.96. The van der Waals surface area contributed by atoms with Crippen LogP contribution in [-0.4, -0.2) is 24.7 Å². The third kappa shape index (κ3) is 1.91. The van der Waals surface area contributed by atoms with Crippen molar-refractivity contribution >= 4 is 27.3 Å². The van der Waals surface area contributed by atoms with Crippen LogP contribution < -0.4 is 5.73 Å². The van der Waals surface area contributed by atoms with Crippen molar-refractivity contribution in [1.29, 1.82) is 0 Å². The number of halogens is 1. The van der Waals surface area contributed by atoms with Gasteiger partial charge in [0.1, 0.15) is 5.01 Å². The number of nitrogens with two attached hydrogens (primary N) is 1. The Morgan fingerprint density at radius 3 is 2.78 bits per heavy atom. The fourth-order valence-electron chi connectivity index (χ4n) is 1.99. The largest absolute Gasteiger partial charge is 0.379 e. The van der Waals surface area contributed by atoms with E-state index in [1.165, 1.54) is 0 Å². The number of benzene rings is 1. The number of thiazole rings is 1. The average Bonchev–Trinajstić information content (AvgIpc) is 2.79. The number of hydrogen-bond acceptors (Lipinski definition) is 4. The molecule has 2 heterocycles. The first-order valence-corrected chi connectivity index (χ1v) is 7.41. The molecular weight excluding hydrogens is 312 g/mol. The fourth-order valence-corrected chi connectivity index (χ4v) is 3.58. The number of aromatic nitrogens is 1. The van der Waals surface area contributed by atoms with Crippen LogP contribution in [0.25, 0.3) is 10.6 Å². The lowest BCUT2D eigenvalue weighted by Gasteiger charge is -2.39. The molecule has 0 unspecified atom stereocenters. The van der Waals surface area contributed by atoms with Gasteiger partial charge in [-0.1, -0.05) is 34.1 Å². The first kappa shape index (κ1) is 12.3. The highest BCUT2D eigenvalue weighted by atomic mass is 79.9. The first-order chi connectivity index (χ1) is 8.75. The van der Waals surface area contributed by atoms with Crippen molar-refractivity contribution in [2.45, 2.75) is 5.41 Å². The van der Waals surface area contributed by atoms with Crippen LogP contribution in [-0.2, 0) is 10.2 Å². The molecule has 2 N–H and O–H groups in total. The lowest BCUT2D eigenvalue weighted by molar-refractivity contribution is -0.0568. The van der Waals surface area contributed by atoms with Gasteiger partial charge < -0.3 is 10.5 Å². The van der Waals surface area contributed by atoms with Crippen LogP contribution in [0.2, 0.25) is 0 Å².